The summed E-state index contributed by atoms with van der Waals surface area (Å²) in [6, 6.07) is 3.64. The van der Waals surface area contributed by atoms with Gasteiger partial charge in [-0.05, 0) is 18.6 Å². The average molecular weight is 260 g/mol. The molecule has 1 aromatic rings. The smallest absolute Gasteiger partial charge is 0.341 e. The first kappa shape index (κ1) is 14.0. The molecule has 0 heterocycles. The van der Waals surface area contributed by atoms with Gasteiger partial charge in [0.1, 0.15) is 5.70 Å². The Labute approximate surface area is 101 Å². The van der Waals surface area contributed by atoms with E-state index in [1.807, 2.05) is 0 Å². The minimum absolute atomic E-state index is 0.165. The van der Waals surface area contributed by atoms with Crippen molar-refractivity contribution in [3.63, 3.8) is 0 Å². The molecular formula is C11H11F3N2O2. The maximum Gasteiger partial charge on any atom is 0.430 e. The number of halogens is 3. The highest BCUT2D eigenvalue weighted by Gasteiger charge is 2.35. The van der Waals surface area contributed by atoms with Crippen LogP contribution >= 0.6 is 0 Å². The molecule has 0 amide bonds. The van der Waals surface area contributed by atoms with E-state index >= 15 is 0 Å². The Bertz CT molecular complexity index is 498. The molecule has 4 nitrogen and oxygen atoms in total. The van der Waals surface area contributed by atoms with Crippen LogP contribution in [0.1, 0.15) is 5.56 Å². The van der Waals surface area contributed by atoms with Gasteiger partial charge in [0.25, 0.3) is 5.69 Å². The van der Waals surface area contributed by atoms with Gasteiger partial charge in [0.05, 0.1) is 4.92 Å². The number of hydrogen-bond acceptors (Lipinski definition) is 3. The number of allylic oxidation sites excluding steroid dienone is 1. The van der Waals surface area contributed by atoms with E-state index in [1.165, 1.54) is 26.1 Å². The molecule has 0 fully saturated rings. The number of nitrogens with zero attached hydrogens (tertiary/aromatic N) is 2. The lowest BCUT2D eigenvalue weighted by molar-refractivity contribution is -0.384. The summed E-state index contributed by atoms with van der Waals surface area (Å²) in [6.07, 6.45) is -4.54. The SMILES string of the molecule is C=C(N(C)c1ccc([N+](=O)[O-])cc1C)C(F)(F)F. The highest BCUT2D eigenvalue weighted by atomic mass is 19.4. The lowest BCUT2D eigenvalue weighted by Gasteiger charge is -2.24. The monoisotopic (exact) mass is 260 g/mol. The van der Waals surface area contributed by atoms with Crippen molar-refractivity contribution in [2.45, 2.75) is 13.1 Å². The Morgan fingerprint density at radius 1 is 1.44 bits per heavy atom. The summed E-state index contributed by atoms with van der Waals surface area (Å²) in [4.78, 5) is 10.8. The van der Waals surface area contributed by atoms with Gasteiger partial charge >= 0.3 is 6.18 Å². The van der Waals surface area contributed by atoms with Crippen molar-refractivity contribution in [1.29, 1.82) is 0 Å². The predicted molar refractivity (Wildman–Crippen MR) is 61.4 cm³/mol. The number of nitro groups is 1. The number of rotatable bonds is 3. The second kappa shape index (κ2) is 4.67. The summed E-state index contributed by atoms with van der Waals surface area (Å²) < 4.78 is 37.4. The van der Waals surface area contributed by atoms with Crippen LogP contribution in [0.25, 0.3) is 0 Å². The molecule has 0 aromatic heterocycles. The van der Waals surface area contributed by atoms with Crippen molar-refractivity contribution in [2.24, 2.45) is 0 Å². The molecule has 0 aliphatic carbocycles. The summed E-state index contributed by atoms with van der Waals surface area (Å²) in [5.41, 5.74) is -0.596. The third kappa shape index (κ3) is 2.79. The topological polar surface area (TPSA) is 46.4 Å². The molecule has 98 valence electrons. The number of non-ortho nitro benzene ring substituents is 1. The molecular weight excluding hydrogens is 249 g/mol. The van der Waals surface area contributed by atoms with Crippen LogP contribution in [0.4, 0.5) is 24.5 Å². The van der Waals surface area contributed by atoms with E-state index < -0.39 is 16.8 Å². The Morgan fingerprint density at radius 2 is 2.00 bits per heavy atom. The van der Waals surface area contributed by atoms with E-state index in [0.717, 1.165) is 11.0 Å². The van der Waals surface area contributed by atoms with Gasteiger partial charge < -0.3 is 4.90 Å². The number of anilines is 1. The van der Waals surface area contributed by atoms with Gasteiger partial charge in [-0.1, -0.05) is 6.58 Å². The minimum atomic E-state index is -4.54. The molecule has 1 rings (SSSR count). The van der Waals surface area contributed by atoms with Crippen molar-refractivity contribution in [3.8, 4) is 0 Å². The Balaban J connectivity index is 3.12. The second-order valence-electron chi connectivity index (χ2n) is 3.73. The first-order valence-corrected chi connectivity index (χ1v) is 4.89. The van der Waals surface area contributed by atoms with Crippen LogP contribution in [0, 0.1) is 17.0 Å². The molecule has 0 radical (unpaired) electrons. The molecule has 0 bridgehead atoms. The van der Waals surface area contributed by atoms with Gasteiger partial charge in [-0.3, -0.25) is 10.1 Å². The second-order valence-corrected chi connectivity index (χ2v) is 3.73. The molecule has 0 saturated heterocycles. The average Bonchev–Trinajstić information content (AvgIpc) is 2.25. The predicted octanol–water partition coefficient (Wildman–Crippen LogP) is 3.42. The molecule has 0 aliphatic heterocycles. The summed E-state index contributed by atoms with van der Waals surface area (Å²) in [6.45, 7) is 4.47. The van der Waals surface area contributed by atoms with Crippen molar-refractivity contribution >= 4 is 11.4 Å². The van der Waals surface area contributed by atoms with E-state index in [-0.39, 0.29) is 11.4 Å². The number of benzene rings is 1. The van der Waals surface area contributed by atoms with Gasteiger partial charge in [0, 0.05) is 24.9 Å². The summed E-state index contributed by atoms with van der Waals surface area (Å²) >= 11 is 0. The van der Waals surface area contributed by atoms with Gasteiger partial charge in [-0.25, -0.2) is 0 Å². The van der Waals surface area contributed by atoms with E-state index in [9.17, 15) is 23.3 Å². The Hall–Kier alpha value is -2.05. The molecule has 18 heavy (non-hydrogen) atoms. The Morgan fingerprint density at radius 3 is 2.39 bits per heavy atom. The molecule has 0 spiro atoms. The molecule has 0 saturated carbocycles. The quantitative estimate of drug-likeness (QED) is 0.618. The molecule has 0 atom stereocenters. The fourth-order valence-corrected chi connectivity index (χ4v) is 1.47. The standard InChI is InChI=1S/C11H11F3N2O2/c1-7-6-9(16(17)18)4-5-10(7)15(3)8(2)11(12,13)14/h4-6H,2H2,1,3H3. The van der Waals surface area contributed by atoms with Crippen LogP contribution in [0.2, 0.25) is 0 Å². The number of aryl methyl sites for hydroxylation is 1. The fraction of sp³-hybridized carbons (Fsp3) is 0.273. The van der Waals surface area contributed by atoms with E-state index in [1.54, 1.807) is 0 Å². The van der Waals surface area contributed by atoms with Crippen LogP contribution in [-0.4, -0.2) is 18.1 Å². The van der Waals surface area contributed by atoms with Crippen molar-refractivity contribution < 1.29 is 18.1 Å². The van der Waals surface area contributed by atoms with Crippen molar-refractivity contribution in [3.05, 3.63) is 46.2 Å². The largest absolute Gasteiger partial charge is 0.430 e. The maximum atomic E-state index is 12.5. The van der Waals surface area contributed by atoms with Crippen LogP contribution in [0.5, 0.6) is 0 Å². The third-order valence-electron chi connectivity index (χ3n) is 2.48. The third-order valence-corrected chi connectivity index (χ3v) is 2.48. The first-order chi connectivity index (χ1) is 8.14. The zero-order valence-electron chi connectivity index (χ0n) is 9.78. The van der Waals surface area contributed by atoms with Crippen molar-refractivity contribution in [1.82, 2.24) is 0 Å². The van der Waals surface area contributed by atoms with Gasteiger partial charge in [-0.15, -0.1) is 0 Å². The molecule has 0 aliphatic rings. The van der Waals surface area contributed by atoms with E-state index in [4.69, 9.17) is 0 Å². The Kier molecular flexibility index (Phi) is 3.64. The summed E-state index contributed by atoms with van der Waals surface area (Å²) in [7, 11) is 1.21. The lowest BCUT2D eigenvalue weighted by atomic mass is 10.1. The van der Waals surface area contributed by atoms with Gasteiger partial charge in [0.15, 0.2) is 0 Å². The zero-order valence-corrected chi connectivity index (χ0v) is 9.78. The maximum absolute atomic E-state index is 12.5. The first-order valence-electron chi connectivity index (χ1n) is 4.89. The number of hydrogen-bond donors (Lipinski definition) is 0. The summed E-state index contributed by atoms with van der Waals surface area (Å²) in [5, 5.41) is 10.5. The van der Waals surface area contributed by atoms with Crippen LogP contribution < -0.4 is 4.90 Å². The van der Waals surface area contributed by atoms with Gasteiger partial charge in [-0.2, -0.15) is 13.2 Å². The van der Waals surface area contributed by atoms with E-state index in [2.05, 4.69) is 6.58 Å². The summed E-state index contributed by atoms with van der Waals surface area (Å²) in [5.74, 6) is 0. The number of alkyl halides is 3. The van der Waals surface area contributed by atoms with Crippen molar-refractivity contribution in [2.75, 3.05) is 11.9 Å². The van der Waals surface area contributed by atoms with Crippen LogP contribution in [0.15, 0.2) is 30.5 Å². The highest BCUT2D eigenvalue weighted by molar-refractivity contribution is 5.60. The molecule has 1 aromatic carbocycles. The molecule has 0 N–H and O–H groups in total. The number of nitro benzene ring substituents is 1. The highest BCUT2D eigenvalue weighted by Crippen LogP contribution is 2.32. The molecule has 7 heteroatoms. The van der Waals surface area contributed by atoms with E-state index in [0.29, 0.717) is 5.56 Å². The van der Waals surface area contributed by atoms with Crippen LogP contribution in [0.3, 0.4) is 0 Å². The zero-order chi connectivity index (χ0) is 14.1. The normalized spacial score (nSPS) is 11.2. The van der Waals surface area contributed by atoms with Gasteiger partial charge in [0.2, 0.25) is 0 Å². The minimum Gasteiger partial charge on any atom is -0.341 e. The molecule has 0 unspecified atom stereocenters. The lowest BCUT2D eigenvalue weighted by Crippen LogP contribution is -2.27. The fourth-order valence-electron chi connectivity index (χ4n) is 1.47. The van der Waals surface area contributed by atoms with Crippen LogP contribution in [-0.2, 0) is 0 Å².